The summed E-state index contributed by atoms with van der Waals surface area (Å²) in [6.45, 7) is 0. The summed E-state index contributed by atoms with van der Waals surface area (Å²) in [6.07, 6.45) is 0. The predicted octanol–water partition coefficient (Wildman–Crippen LogP) is 13.3. The normalized spacial score (nSPS) is 11.9. The molecule has 2 heterocycles. The van der Waals surface area contributed by atoms with Crippen molar-refractivity contribution in [2.75, 3.05) is 0 Å². The minimum Gasteiger partial charge on any atom is -0.292 e. The SMILES string of the molecule is c1cc(-c2ccc3c(c2)nc2c4ccccc4c4ccccc4n32)cc(-c2c3ccccc3c(-c3ccc4ccccc4c3)c3ccccc23)c1. The second kappa shape index (κ2) is 10.9. The van der Waals surface area contributed by atoms with Gasteiger partial charge in [0.05, 0.1) is 16.6 Å². The van der Waals surface area contributed by atoms with Gasteiger partial charge in [-0.15, -0.1) is 0 Å². The standard InChI is InChI=1S/C49H30N2/c1-2-13-32-28-36(25-24-31(32)12-1)48-41-20-6-4-18-39(41)47(40-19-5-7-21-42(40)48)35-15-11-14-33(29-35)34-26-27-46-44(30-34)50-49-43-22-8-3-16-37(43)38-17-9-10-23-45(38)51(46)49/h1-30H. The van der Waals surface area contributed by atoms with E-state index in [0.29, 0.717) is 0 Å². The molecule has 236 valence electrons. The zero-order valence-corrected chi connectivity index (χ0v) is 27.7. The van der Waals surface area contributed by atoms with Gasteiger partial charge in [0, 0.05) is 10.8 Å². The predicted molar refractivity (Wildman–Crippen MR) is 217 cm³/mol. The van der Waals surface area contributed by atoms with Crippen LogP contribution in [-0.4, -0.2) is 9.38 Å². The van der Waals surface area contributed by atoms with Crippen molar-refractivity contribution in [3.05, 3.63) is 182 Å². The molecule has 2 aromatic heterocycles. The van der Waals surface area contributed by atoms with Gasteiger partial charge in [-0.1, -0.05) is 152 Å². The van der Waals surface area contributed by atoms with Crippen LogP contribution >= 0.6 is 0 Å². The molecule has 2 heteroatoms. The number of nitrogens with zero attached hydrogens (tertiary/aromatic N) is 2. The van der Waals surface area contributed by atoms with Crippen molar-refractivity contribution in [2.24, 2.45) is 0 Å². The molecule has 11 aromatic rings. The van der Waals surface area contributed by atoms with Gasteiger partial charge in [-0.2, -0.15) is 0 Å². The molecule has 2 nitrogen and oxygen atoms in total. The highest BCUT2D eigenvalue weighted by Gasteiger charge is 2.18. The second-order valence-electron chi connectivity index (χ2n) is 13.5. The lowest BCUT2D eigenvalue weighted by Gasteiger charge is -2.18. The molecule has 0 unspecified atom stereocenters. The van der Waals surface area contributed by atoms with Crippen molar-refractivity contribution >= 4 is 70.7 Å². The van der Waals surface area contributed by atoms with Crippen LogP contribution < -0.4 is 0 Å². The first-order valence-corrected chi connectivity index (χ1v) is 17.6. The Hall–Kier alpha value is -6.77. The Balaban J connectivity index is 1.12. The van der Waals surface area contributed by atoms with Gasteiger partial charge in [-0.3, -0.25) is 4.40 Å². The van der Waals surface area contributed by atoms with Gasteiger partial charge in [0.15, 0.2) is 0 Å². The molecule has 0 aliphatic carbocycles. The van der Waals surface area contributed by atoms with Crippen molar-refractivity contribution in [3.8, 4) is 33.4 Å². The molecule has 11 rings (SSSR count). The minimum atomic E-state index is 0.995. The third-order valence-corrected chi connectivity index (χ3v) is 10.7. The molecule has 0 radical (unpaired) electrons. The van der Waals surface area contributed by atoms with Gasteiger partial charge in [-0.05, 0) is 101 Å². The molecule has 0 amide bonds. The van der Waals surface area contributed by atoms with E-state index in [4.69, 9.17) is 4.98 Å². The van der Waals surface area contributed by atoms with Crippen molar-refractivity contribution < 1.29 is 0 Å². The maximum atomic E-state index is 5.26. The Morgan fingerprint density at radius 1 is 0.314 bits per heavy atom. The van der Waals surface area contributed by atoms with Crippen molar-refractivity contribution in [1.82, 2.24) is 9.38 Å². The number of pyridine rings is 1. The number of fused-ring (bicyclic) bond motifs is 11. The van der Waals surface area contributed by atoms with Gasteiger partial charge in [0.2, 0.25) is 0 Å². The number of hydrogen-bond acceptors (Lipinski definition) is 1. The second-order valence-corrected chi connectivity index (χ2v) is 13.5. The summed E-state index contributed by atoms with van der Waals surface area (Å²) >= 11 is 0. The van der Waals surface area contributed by atoms with Gasteiger partial charge in [-0.25, -0.2) is 4.98 Å². The first kappa shape index (κ1) is 28.1. The molecule has 9 aromatic carbocycles. The fourth-order valence-electron chi connectivity index (χ4n) is 8.44. The lowest BCUT2D eigenvalue weighted by molar-refractivity contribution is 1.31. The highest BCUT2D eigenvalue weighted by Crippen LogP contribution is 2.45. The molecular formula is C49H30N2. The van der Waals surface area contributed by atoms with E-state index in [1.165, 1.54) is 81.8 Å². The summed E-state index contributed by atoms with van der Waals surface area (Å²) in [5.41, 5.74) is 11.6. The Labute approximate surface area is 294 Å². The van der Waals surface area contributed by atoms with E-state index >= 15 is 0 Å². The highest BCUT2D eigenvalue weighted by molar-refractivity contribution is 6.22. The third kappa shape index (κ3) is 4.20. The van der Waals surface area contributed by atoms with Crippen LogP contribution in [0.1, 0.15) is 0 Å². The molecule has 0 saturated heterocycles. The zero-order chi connectivity index (χ0) is 33.5. The molecule has 0 aliphatic rings. The Morgan fingerprint density at radius 2 is 0.843 bits per heavy atom. The van der Waals surface area contributed by atoms with Gasteiger partial charge in [0.25, 0.3) is 0 Å². The number of hydrogen-bond donors (Lipinski definition) is 0. The molecule has 0 saturated carbocycles. The van der Waals surface area contributed by atoms with E-state index in [-0.39, 0.29) is 0 Å². The van der Waals surface area contributed by atoms with E-state index in [2.05, 4.69) is 186 Å². The maximum absolute atomic E-state index is 5.26. The Kier molecular flexibility index (Phi) is 5.99. The number of rotatable bonds is 3. The number of imidazole rings is 1. The molecule has 0 N–H and O–H groups in total. The quantitative estimate of drug-likeness (QED) is 0.138. The summed E-state index contributed by atoms with van der Waals surface area (Å²) in [4.78, 5) is 5.26. The average molecular weight is 647 g/mol. The fourth-order valence-corrected chi connectivity index (χ4v) is 8.44. The zero-order valence-electron chi connectivity index (χ0n) is 27.7. The molecule has 51 heavy (non-hydrogen) atoms. The van der Waals surface area contributed by atoms with E-state index in [0.717, 1.165) is 22.2 Å². The molecule has 0 bridgehead atoms. The average Bonchev–Trinajstić information content (AvgIpc) is 3.59. The molecule has 0 spiro atoms. The van der Waals surface area contributed by atoms with E-state index in [1.807, 2.05) is 0 Å². The van der Waals surface area contributed by atoms with E-state index in [9.17, 15) is 0 Å². The maximum Gasteiger partial charge on any atom is 0.146 e. The molecular weight excluding hydrogens is 617 g/mol. The number of aromatic nitrogens is 2. The monoisotopic (exact) mass is 646 g/mol. The fraction of sp³-hybridized carbons (Fsp3) is 0. The largest absolute Gasteiger partial charge is 0.292 e. The van der Waals surface area contributed by atoms with Crippen LogP contribution in [0.4, 0.5) is 0 Å². The van der Waals surface area contributed by atoms with Crippen molar-refractivity contribution in [3.63, 3.8) is 0 Å². The van der Waals surface area contributed by atoms with Gasteiger partial charge < -0.3 is 0 Å². The van der Waals surface area contributed by atoms with E-state index in [1.54, 1.807) is 0 Å². The first-order valence-electron chi connectivity index (χ1n) is 17.6. The number of benzene rings is 9. The summed E-state index contributed by atoms with van der Waals surface area (Å²) in [7, 11) is 0. The van der Waals surface area contributed by atoms with Crippen molar-refractivity contribution in [2.45, 2.75) is 0 Å². The number of para-hydroxylation sites is 1. The summed E-state index contributed by atoms with van der Waals surface area (Å²) in [5.74, 6) is 0. The smallest absolute Gasteiger partial charge is 0.146 e. The van der Waals surface area contributed by atoms with Crippen molar-refractivity contribution in [1.29, 1.82) is 0 Å². The van der Waals surface area contributed by atoms with Crippen LogP contribution in [0.15, 0.2) is 182 Å². The minimum absolute atomic E-state index is 0.995. The summed E-state index contributed by atoms with van der Waals surface area (Å²) in [5, 5.41) is 11.2. The van der Waals surface area contributed by atoms with Crippen LogP contribution in [0.3, 0.4) is 0 Å². The van der Waals surface area contributed by atoms with Gasteiger partial charge in [0.1, 0.15) is 5.65 Å². The Bertz CT molecular complexity index is 3150. The molecule has 0 atom stereocenters. The lowest BCUT2D eigenvalue weighted by atomic mass is 9.85. The lowest BCUT2D eigenvalue weighted by Crippen LogP contribution is -1.91. The summed E-state index contributed by atoms with van der Waals surface area (Å²) < 4.78 is 2.32. The molecule has 0 aliphatic heterocycles. The van der Waals surface area contributed by atoms with Crippen LogP contribution in [0.2, 0.25) is 0 Å². The first-order chi connectivity index (χ1) is 25.3. The highest BCUT2D eigenvalue weighted by atomic mass is 15.0. The van der Waals surface area contributed by atoms with Gasteiger partial charge >= 0.3 is 0 Å². The van der Waals surface area contributed by atoms with Crippen LogP contribution in [0.25, 0.3) is 104 Å². The van der Waals surface area contributed by atoms with Crippen LogP contribution in [0, 0.1) is 0 Å². The molecule has 0 fully saturated rings. The topological polar surface area (TPSA) is 17.3 Å². The summed E-state index contributed by atoms with van der Waals surface area (Å²) in [6, 6.07) is 66.3. The van der Waals surface area contributed by atoms with Crippen LogP contribution in [-0.2, 0) is 0 Å². The third-order valence-electron chi connectivity index (χ3n) is 10.7. The Morgan fingerprint density at radius 3 is 1.57 bits per heavy atom. The van der Waals surface area contributed by atoms with E-state index < -0.39 is 0 Å². The van der Waals surface area contributed by atoms with Crippen LogP contribution in [0.5, 0.6) is 0 Å².